The third kappa shape index (κ3) is 4.77. The molecule has 7 nitrogen and oxygen atoms in total. The largest absolute Gasteiger partial charge is 0.444 e. The van der Waals surface area contributed by atoms with Gasteiger partial charge < -0.3 is 24.3 Å². The molecule has 0 aliphatic carbocycles. The zero-order chi connectivity index (χ0) is 23.2. The number of aromatic nitrogens is 1. The standard InChI is InChI=1S/C23H31BrClN5O2/c1-23(2,3)32-22(31)29-8-9-30-15(14-29)13-28(7-6-27(4)5)20-12-26-19-11-17(24)18(25)10-16(19)21(20)30/h10-12,15H,6-9,13-14H2,1-5H3/t15-/m0/s1. The number of piperazine rings is 1. The average molecular weight is 525 g/mol. The van der Waals surface area contributed by atoms with Crippen molar-refractivity contribution in [1.29, 1.82) is 0 Å². The molecule has 4 rings (SSSR count). The molecule has 1 amide bonds. The minimum Gasteiger partial charge on any atom is -0.444 e. The first-order chi connectivity index (χ1) is 15.0. The molecule has 3 heterocycles. The van der Waals surface area contributed by atoms with Crippen molar-refractivity contribution in [3.05, 3.63) is 27.8 Å². The molecule has 0 spiro atoms. The summed E-state index contributed by atoms with van der Waals surface area (Å²) in [6.45, 7) is 10.3. The van der Waals surface area contributed by atoms with Gasteiger partial charge in [-0.3, -0.25) is 4.98 Å². The van der Waals surface area contributed by atoms with Gasteiger partial charge >= 0.3 is 6.09 Å². The molecule has 1 atom stereocenters. The molecule has 1 saturated heterocycles. The second-order valence-electron chi connectivity index (χ2n) is 9.80. The lowest BCUT2D eigenvalue weighted by molar-refractivity contribution is 0.0215. The van der Waals surface area contributed by atoms with E-state index < -0.39 is 5.60 Å². The van der Waals surface area contributed by atoms with Gasteiger partial charge in [0.1, 0.15) is 5.60 Å². The molecule has 0 N–H and O–H groups in total. The van der Waals surface area contributed by atoms with E-state index in [0.29, 0.717) is 18.1 Å². The van der Waals surface area contributed by atoms with E-state index in [1.54, 1.807) is 0 Å². The van der Waals surface area contributed by atoms with E-state index >= 15 is 0 Å². The monoisotopic (exact) mass is 523 g/mol. The van der Waals surface area contributed by atoms with Crippen molar-refractivity contribution in [3.8, 4) is 0 Å². The molecule has 1 aromatic heterocycles. The number of hydrogen-bond acceptors (Lipinski definition) is 6. The second-order valence-corrected chi connectivity index (χ2v) is 11.1. The molecule has 1 fully saturated rings. The highest BCUT2D eigenvalue weighted by Crippen LogP contribution is 2.43. The van der Waals surface area contributed by atoms with Crippen LogP contribution in [0.5, 0.6) is 0 Å². The quantitative estimate of drug-likeness (QED) is 0.591. The number of fused-ring (bicyclic) bond motifs is 5. The Morgan fingerprint density at radius 3 is 2.72 bits per heavy atom. The topological polar surface area (TPSA) is 52.1 Å². The average Bonchev–Trinajstić information content (AvgIpc) is 2.70. The lowest BCUT2D eigenvalue weighted by Gasteiger charge is -2.49. The van der Waals surface area contributed by atoms with Crippen LogP contribution in [0, 0.1) is 0 Å². The van der Waals surface area contributed by atoms with Crippen LogP contribution in [0.2, 0.25) is 5.02 Å². The molecule has 0 bridgehead atoms. The van der Waals surface area contributed by atoms with Crippen LogP contribution in [-0.2, 0) is 4.74 Å². The van der Waals surface area contributed by atoms with Gasteiger partial charge in [-0.15, -0.1) is 0 Å². The Hall–Kier alpha value is -1.77. The van der Waals surface area contributed by atoms with Gasteiger partial charge in [0, 0.05) is 49.1 Å². The van der Waals surface area contributed by atoms with Crippen LogP contribution in [0.25, 0.3) is 10.9 Å². The van der Waals surface area contributed by atoms with Crippen molar-refractivity contribution >= 4 is 55.9 Å². The zero-order valence-electron chi connectivity index (χ0n) is 19.4. The molecular formula is C23H31BrClN5O2. The van der Waals surface area contributed by atoms with Crippen molar-refractivity contribution in [2.45, 2.75) is 32.4 Å². The summed E-state index contributed by atoms with van der Waals surface area (Å²) in [5.74, 6) is 0. The highest BCUT2D eigenvalue weighted by Gasteiger charge is 2.38. The first kappa shape index (κ1) is 23.4. The minimum atomic E-state index is -0.503. The van der Waals surface area contributed by atoms with Gasteiger partial charge in [-0.2, -0.15) is 0 Å². The maximum absolute atomic E-state index is 12.8. The number of amides is 1. The van der Waals surface area contributed by atoms with Crippen molar-refractivity contribution in [3.63, 3.8) is 0 Å². The molecule has 0 saturated carbocycles. The summed E-state index contributed by atoms with van der Waals surface area (Å²) < 4.78 is 6.49. The summed E-state index contributed by atoms with van der Waals surface area (Å²) in [4.78, 5) is 26.3. The fourth-order valence-corrected chi connectivity index (χ4v) is 4.87. The Morgan fingerprint density at radius 1 is 1.28 bits per heavy atom. The smallest absolute Gasteiger partial charge is 0.410 e. The number of rotatable bonds is 3. The molecule has 2 aliphatic rings. The number of likely N-dealkylation sites (N-methyl/N-ethyl adjacent to an activating group) is 1. The number of nitrogens with zero attached hydrogens (tertiary/aromatic N) is 5. The predicted octanol–water partition coefficient (Wildman–Crippen LogP) is 4.46. The number of halogens is 2. The van der Waals surface area contributed by atoms with Gasteiger partial charge in [-0.05, 0) is 62.9 Å². The number of ether oxygens (including phenoxy) is 1. The summed E-state index contributed by atoms with van der Waals surface area (Å²) in [5.41, 5.74) is 2.68. The maximum atomic E-state index is 12.8. The number of carbonyl (C=O) groups is 1. The van der Waals surface area contributed by atoms with E-state index in [-0.39, 0.29) is 12.1 Å². The Balaban J connectivity index is 1.71. The molecule has 32 heavy (non-hydrogen) atoms. The molecule has 174 valence electrons. The predicted molar refractivity (Wildman–Crippen MR) is 134 cm³/mol. The second kappa shape index (κ2) is 8.88. The maximum Gasteiger partial charge on any atom is 0.410 e. The van der Waals surface area contributed by atoms with E-state index in [0.717, 1.165) is 52.9 Å². The lowest BCUT2D eigenvalue weighted by atomic mass is 10.0. The van der Waals surface area contributed by atoms with Gasteiger partial charge in [-0.25, -0.2) is 4.79 Å². The van der Waals surface area contributed by atoms with Crippen LogP contribution in [0.4, 0.5) is 16.2 Å². The molecular weight excluding hydrogens is 494 g/mol. The molecule has 2 aromatic rings. The number of carbonyl (C=O) groups excluding carboxylic acids is 1. The van der Waals surface area contributed by atoms with Crippen LogP contribution in [0.15, 0.2) is 22.8 Å². The van der Waals surface area contributed by atoms with E-state index in [4.69, 9.17) is 21.3 Å². The Morgan fingerprint density at radius 2 is 2.03 bits per heavy atom. The molecule has 9 heteroatoms. The molecule has 2 aliphatic heterocycles. The van der Waals surface area contributed by atoms with Gasteiger partial charge in [0.15, 0.2) is 0 Å². The third-order valence-corrected chi connectivity index (χ3v) is 7.07. The third-order valence-electron chi connectivity index (χ3n) is 5.87. The SMILES string of the molecule is CN(C)CCN1C[C@H]2CN(C(=O)OC(C)(C)C)CCN2c2c1cnc1cc(Br)c(Cl)cc21. The van der Waals surface area contributed by atoms with Gasteiger partial charge in [-0.1, -0.05) is 11.6 Å². The van der Waals surface area contributed by atoms with E-state index in [1.807, 2.05) is 44.0 Å². The first-order valence-electron chi connectivity index (χ1n) is 11.0. The van der Waals surface area contributed by atoms with Crippen LogP contribution < -0.4 is 9.80 Å². The lowest BCUT2D eigenvalue weighted by Crippen LogP contribution is -2.61. The molecule has 0 radical (unpaired) electrons. The highest BCUT2D eigenvalue weighted by atomic mass is 79.9. The number of pyridine rings is 1. The fraction of sp³-hybridized carbons (Fsp3) is 0.565. The van der Waals surface area contributed by atoms with Gasteiger partial charge in [0.2, 0.25) is 0 Å². The van der Waals surface area contributed by atoms with Gasteiger partial charge in [0.25, 0.3) is 0 Å². The number of hydrogen-bond donors (Lipinski definition) is 0. The van der Waals surface area contributed by atoms with Crippen LogP contribution in [0.3, 0.4) is 0 Å². The Kier molecular flexibility index (Phi) is 6.49. The van der Waals surface area contributed by atoms with E-state index in [2.05, 4.69) is 44.7 Å². The molecule has 0 unspecified atom stereocenters. The van der Waals surface area contributed by atoms with E-state index in [1.165, 1.54) is 0 Å². The summed E-state index contributed by atoms with van der Waals surface area (Å²) in [6, 6.07) is 4.14. The Labute approximate surface area is 203 Å². The fourth-order valence-electron chi connectivity index (χ4n) is 4.38. The summed E-state index contributed by atoms with van der Waals surface area (Å²) in [5, 5.41) is 1.71. The summed E-state index contributed by atoms with van der Waals surface area (Å²) in [6.07, 6.45) is 1.73. The highest BCUT2D eigenvalue weighted by molar-refractivity contribution is 9.10. The van der Waals surface area contributed by atoms with Crippen LogP contribution in [-0.4, -0.2) is 85.9 Å². The minimum absolute atomic E-state index is 0.166. The van der Waals surface area contributed by atoms with E-state index in [9.17, 15) is 4.79 Å². The molecule has 1 aromatic carbocycles. The Bertz CT molecular complexity index is 1030. The van der Waals surface area contributed by atoms with Gasteiger partial charge in [0.05, 0.1) is 34.2 Å². The van der Waals surface area contributed by atoms with Crippen LogP contribution >= 0.6 is 27.5 Å². The normalized spacial score (nSPS) is 18.8. The van der Waals surface area contributed by atoms with Crippen molar-refractivity contribution < 1.29 is 9.53 Å². The summed E-state index contributed by atoms with van der Waals surface area (Å²) in [7, 11) is 4.16. The number of anilines is 2. The van der Waals surface area contributed by atoms with Crippen LogP contribution in [0.1, 0.15) is 20.8 Å². The summed E-state index contributed by atoms with van der Waals surface area (Å²) >= 11 is 10.0. The first-order valence-corrected chi connectivity index (χ1v) is 12.1. The van der Waals surface area contributed by atoms with Crippen molar-refractivity contribution in [1.82, 2.24) is 14.8 Å². The number of benzene rings is 1. The van der Waals surface area contributed by atoms with Crippen molar-refractivity contribution in [2.75, 3.05) is 63.2 Å². The zero-order valence-corrected chi connectivity index (χ0v) is 21.7. The van der Waals surface area contributed by atoms with Crippen molar-refractivity contribution in [2.24, 2.45) is 0 Å².